The number of hydrogen-bond donors (Lipinski definition) is 2. The number of carbonyl (C=O) groups excluding carboxylic acids is 1. The number of anilines is 1. The maximum atomic E-state index is 12.6. The average Bonchev–Trinajstić information content (AvgIpc) is 2.88. The summed E-state index contributed by atoms with van der Waals surface area (Å²) in [5.74, 6) is 0.234. The molecule has 1 fully saturated rings. The molecular formula is C14H18F3N3O. The molecule has 0 spiro atoms. The zero-order chi connectivity index (χ0) is 15.6. The summed E-state index contributed by atoms with van der Waals surface area (Å²) in [6, 6.07) is 4.21. The van der Waals surface area contributed by atoms with Crippen LogP contribution in [0.2, 0.25) is 0 Å². The van der Waals surface area contributed by atoms with Crippen LogP contribution in [0.25, 0.3) is 0 Å². The fourth-order valence-electron chi connectivity index (χ4n) is 2.38. The number of alkyl halides is 3. The summed E-state index contributed by atoms with van der Waals surface area (Å²) in [5, 5.41) is 2.50. The van der Waals surface area contributed by atoms with Gasteiger partial charge in [-0.3, -0.25) is 0 Å². The standard InChI is InChI=1S/C14H18F3N3O/c1-9(18)10-5-6-20(8-10)13(21)19-12-4-2-3-11(7-12)14(15,16)17/h2-4,7,9-10H,5-6,8,18H2,1H3,(H,19,21). The van der Waals surface area contributed by atoms with E-state index in [1.807, 2.05) is 6.92 Å². The van der Waals surface area contributed by atoms with Crippen LogP contribution in [0.5, 0.6) is 0 Å². The van der Waals surface area contributed by atoms with Gasteiger partial charge < -0.3 is 16.0 Å². The van der Waals surface area contributed by atoms with Gasteiger partial charge in [0, 0.05) is 24.8 Å². The number of rotatable bonds is 2. The Bertz CT molecular complexity index is 516. The lowest BCUT2D eigenvalue weighted by Gasteiger charge is -2.19. The molecule has 2 unspecified atom stereocenters. The Balaban J connectivity index is 2.01. The lowest BCUT2D eigenvalue weighted by molar-refractivity contribution is -0.137. The molecule has 1 aliphatic rings. The SMILES string of the molecule is CC(N)C1CCN(C(=O)Nc2cccc(C(F)(F)F)c2)C1. The Labute approximate surface area is 121 Å². The van der Waals surface area contributed by atoms with Gasteiger partial charge in [-0.15, -0.1) is 0 Å². The van der Waals surface area contributed by atoms with E-state index in [1.165, 1.54) is 12.1 Å². The minimum absolute atomic E-state index is 0.00337. The predicted molar refractivity (Wildman–Crippen MR) is 73.8 cm³/mol. The molecule has 0 aromatic heterocycles. The van der Waals surface area contributed by atoms with E-state index in [0.717, 1.165) is 18.6 Å². The highest BCUT2D eigenvalue weighted by molar-refractivity contribution is 5.89. The largest absolute Gasteiger partial charge is 0.416 e. The van der Waals surface area contributed by atoms with Crippen molar-refractivity contribution in [3.8, 4) is 0 Å². The van der Waals surface area contributed by atoms with Crippen LogP contribution in [0.15, 0.2) is 24.3 Å². The van der Waals surface area contributed by atoms with Gasteiger partial charge in [0.1, 0.15) is 0 Å². The van der Waals surface area contributed by atoms with E-state index in [4.69, 9.17) is 5.73 Å². The lowest BCUT2D eigenvalue weighted by atomic mass is 10.0. The second-order valence-corrected chi connectivity index (χ2v) is 5.36. The van der Waals surface area contributed by atoms with Crippen molar-refractivity contribution in [1.29, 1.82) is 0 Å². The highest BCUT2D eigenvalue weighted by Gasteiger charge is 2.31. The zero-order valence-corrected chi connectivity index (χ0v) is 11.7. The van der Waals surface area contributed by atoms with Crippen LogP contribution in [0.1, 0.15) is 18.9 Å². The van der Waals surface area contributed by atoms with Gasteiger partial charge in [-0.25, -0.2) is 4.79 Å². The first-order valence-electron chi connectivity index (χ1n) is 6.76. The second-order valence-electron chi connectivity index (χ2n) is 5.36. The molecular weight excluding hydrogens is 283 g/mol. The van der Waals surface area contributed by atoms with Crippen molar-refractivity contribution in [3.05, 3.63) is 29.8 Å². The number of hydrogen-bond acceptors (Lipinski definition) is 2. The molecule has 0 aliphatic carbocycles. The van der Waals surface area contributed by atoms with Crippen molar-refractivity contribution in [2.45, 2.75) is 25.6 Å². The third kappa shape index (κ3) is 3.87. The number of benzene rings is 1. The number of amides is 2. The molecule has 1 heterocycles. The maximum Gasteiger partial charge on any atom is 0.416 e. The van der Waals surface area contributed by atoms with E-state index in [0.29, 0.717) is 13.1 Å². The molecule has 0 bridgehead atoms. The Kier molecular flexibility index (Phi) is 4.41. The highest BCUT2D eigenvalue weighted by atomic mass is 19.4. The van der Waals surface area contributed by atoms with E-state index in [2.05, 4.69) is 5.32 Å². The molecule has 0 saturated carbocycles. The molecule has 2 atom stereocenters. The molecule has 7 heteroatoms. The summed E-state index contributed by atoms with van der Waals surface area (Å²) in [6.07, 6.45) is -3.61. The fraction of sp³-hybridized carbons (Fsp3) is 0.500. The normalized spacial score (nSPS) is 20.4. The molecule has 1 saturated heterocycles. The fourth-order valence-corrected chi connectivity index (χ4v) is 2.38. The summed E-state index contributed by atoms with van der Waals surface area (Å²) < 4.78 is 37.8. The van der Waals surface area contributed by atoms with Crippen LogP contribution in [-0.2, 0) is 6.18 Å². The van der Waals surface area contributed by atoms with Gasteiger partial charge in [-0.1, -0.05) is 6.07 Å². The number of nitrogens with zero attached hydrogens (tertiary/aromatic N) is 1. The summed E-state index contributed by atoms with van der Waals surface area (Å²) in [6.45, 7) is 2.98. The Morgan fingerprint density at radius 1 is 1.48 bits per heavy atom. The molecule has 2 amide bonds. The first-order chi connectivity index (χ1) is 9.77. The van der Waals surface area contributed by atoms with Crippen LogP contribution < -0.4 is 11.1 Å². The number of nitrogens with one attached hydrogen (secondary N) is 1. The third-order valence-corrected chi connectivity index (χ3v) is 3.70. The first kappa shape index (κ1) is 15.6. The number of halogens is 3. The van der Waals surface area contributed by atoms with E-state index < -0.39 is 17.8 Å². The van der Waals surface area contributed by atoms with Crippen molar-refractivity contribution in [2.24, 2.45) is 11.7 Å². The summed E-state index contributed by atoms with van der Waals surface area (Å²) in [5.41, 5.74) is 5.15. The van der Waals surface area contributed by atoms with E-state index in [-0.39, 0.29) is 17.6 Å². The Morgan fingerprint density at radius 3 is 2.76 bits per heavy atom. The minimum Gasteiger partial charge on any atom is -0.328 e. The number of urea groups is 1. The van der Waals surface area contributed by atoms with Crippen molar-refractivity contribution in [2.75, 3.05) is 18.4 Å². The molecule has 1 aliphatic heterocycles. The van der Waals surface area contributed by atoms with Crippen LogP contribution >= 0.6 is 0 Å². The molecule has 4 nitrogen and oxygen atoms in total. The highest BCUT2D eigenvalue weighted by Crippen LogP contribution is 2.30. The van der Waals surface area contributed by atoms with Crippen LogP contribution in [0.3, 0.4) is 0 Å². The van der Waals surface area contributed by atoms with Crippen molar-refractivity contribution in [3.63, 3.8) is 0 Å². The van der Waals surface area contributed by atoms with Crippen LogP contribution in [0.4, 0.5) is 23.7 Å². The van der Waals surface area contributed by atoms with Gasteiger partial charge in [-0.2, -0.15) is 13.2 Å². The maximum absolute atomic E-state index is 12.6. The Hall–Kier alpha value is -1.76. The zero-order valence-electron chi connectivity index (χ0n) is 11.7. The molecule has 2 rings (SSSR count). The van der Waals surface area contributed by atoms with Crippen LogP contribution in [0, 0.1) is 5.92 Å². The number of nitrogens with two attached hydrogens (primary N) is 1. The van der Waals surface area contributed by atoms with Gasteiger partial charge in [-0.05, 0) is 37.5 Å². The van der Waals surface area contributed by atoms with Gasteiger partial charge in [0.25, 0.3) is 0 Å². The predicted octanol–water partition coefficient (Wildman–Crippen LogP) is 2.91. The second kappa shape index (κ2) is 5.93. The van der Waals surface area contributed by atoms with Gasteiger partial charge >= 0.3 is 12.2 Å². The Morgan fingerprint density at radius 2 is 2.19 bits per heavy atom. The third-order valence-electron chi connectivity index (χ3n) is 3.70. The molecule has 3 N–H and O–H groups in total. The summed E-state index contributed by atoms with van der Waals surface area (Å²) >= 11 is 0. The lowest BCUT2D eigenvalue weighted by Crippen LogP contribution is -2.35. The molecule has 21 heavy (non-hydrogen) atoms. The van der Waals surface area contributed by atoms with Crippen LogP contribution in [-0.4, -0.2) is 30.1 Å². The van der Waals surface area contributed by atoms with E-state index in [1.54, 1.807) is 4.90 Å². The smallest absolute Gasteiger partial charge is 0.328 e. The quantitative estimate of drug-likeness (QED) is 0.882. The molecule has 116 valence electrons. The van der Waals surface area contributed by atoms with Gasteiger partial charge in [0.15, 0.2) is 0 Å². The van der Waals surface area contributed by atoms with Gasteiger partial charge in [0.2, 0.25) is 0 Å². The first-order valence-corrected chi connectivity index (χ1v) is 6.76. The van der Waals surface area contributed by atoms with Crippen molar-refractivity contribution in [1.82, 2.24) is 4.90 Å². The number of likely N-dealkylation sites (tertiary alicyclic amines) is 1. The van der Waals surface area contributed by atoms with E-state index in [9.17, 15) is 18.0 Å². The van der Waals surface area contributed by atoms with Crippen molar-refractivity contribution < 1.29 is 18.0 Å². The average molecular weight is 301 g/mol. The summed E-state index contributed by atoms with van der Waals surface area (Å²) in [4.78, 5) is 13.6. The monoisotopic (exact) mass is 301 g/mol. The van der Waals surface area contributed by atoms with Crippen molar-refractivity contribution >= 4 is 11.7 Å². The van der Waals surface area contributed by atoms with E-state index >= 15 is 0 Å². The molecule has 0 radical (unpaired) electrons. The molecule has 1 aromatic carbocycles. The minimum atomic E-state index is -4.42. The van der Waals surface area contributed by atoms with Gasteiger partial charge in [0.05, 0.1) is 5.56 Å². The topological polar surface area (TPSA) is 58.4 Å². The summed E-state index contributed by atoms with van der Waals surface area (Å²) in [7, 11) is 0. The molecule has 1 aromatic rings. The number of carbonyl (C=O) groups is 1.